The number of carbonyl (C=O) groups is 3. The Kier molecular flexibility index (Phi) is 6.31. The number of fused-ring (bicyclic) bond motifs is 1. The van der Waals surface area contributed by atoms with E-state index in [4.69, 9.17) is 17.3 Å². The van der Waals surface area contributed by atoms with E-state index in [1.807, 2.05) is 13.8 Å². The van der Waals surface area contributed by atoms with E-state index >= 15 is 0 Å². The van der Waals surface area contributed by atoms with Gasteiger partial charge in [0, 0.05) is 23.5 Å². The minimum atomic E-state index is -0.685. The zero-order valence-corrected chi connectivity index (χ0v) is 19.6. The maximum absolute atomic E-state index is 14.1. The first-order valence-corrected chi connectivity index (χ1v) is 11.2. The summed E-state index contributed by atoms with van der Waals surface area (Å²) < 4.78 is 15.6. The molecule has 1 aromatic heterocycles. The second kappa shape index (κ2) is 9.06. The molecule has 1 unspecified atom stereocenters. The lowest BCUT2D eigenvalue weighted by molar-refractivity contribution is -0.137. The van der Waals surface area contributed by atoms with Crippen molar-refractivity contribution in [2.45, 2.75) is 39.4 Å². The highest BCUT2D eigenvalue weighted by molar-refractivity contribution is 6.30. The lowest BCUT2D eigenvalue weighted by Gasteiger charge is -2.24. The number of benzene rings is 2. The van der Waals surface area contributed by atoms with E-state index < -0.39 is 17.6 Å². The number of carbonyl (C=O) groups excluding carboxylic acids is 3. The molecule has 4 rings (SSSR count). The van der Waals surface area contributed by atoms with Gasteiger partial charge in [0.1, 0.15) is 12.4 Å². The third-order valence-electron chi connectivity index (χ3n) is 6.16. The molecule has 1 heterocycles. The van der Waals surface area contributed by atoms with Gasteiger partial charge in [-0.2, -0.15) is 5.10 Å². The van der Waals surface area contributed by atoms with Crippen LogP contribution in [0.2, 0.25) is 5.02 Å². The summed E-state index contributed by atoms with van der Waals surface area (Å²) in [7, 11) is 0. The van der Waals surface area contributed by atoms with Gasteiger partial charge in [-0.3, -0.25) is 19.1 Å². The predicted molar refractivity (Wildman–Crippen MR) is 125 cm³/mol. The quantitative estimate of drug-likeness (QED) is 0.511. The summed E-state index contributed by atoms with van der Waals surface area (Å²) in [6, 6.07) is 11.5. The predicted octanol–water partition coefficient (Wildman–Crippen LogP) is 2.87. The van der Waals surface area contributed by atoms with Crippen LogP contribution in [0.3, 0.4) is 0 Å². The average molecular weight is 486 g/mol. The molecule has 0 saturated heterocycles. The molecular formula is C24H25ClFN5O3. The molecule has 1 atom stereocenters. The van der Waals surface area contributed by atoms with Crippen LogP contribution >= 0.6 is 11.6 Å². The van der Waals surface area contributed by atoms with Crippen molar-refractivity contribution in [3.63, 3.8) is 0 Å². The van der Waals surface area contributed by atoms with Crippen LogP contribution in [0.25, 0.3) is 10.9 Å². The third kappa shape index (κ3) is 4.75. The van der Waals surface area contributed by atoms with Crippen LogP contribution in [0.5, 0.6) is 0 Å². The van der Waals surface area contributed by atoms with Crippen LogP contribution in [0.1, 0.15) is 36.3 Å². The molecule has 0 spiro atoms. The van der Waals surface area contributed by atoms with Crippen LogP contribution in [-0.4, -0.2) is 45.0 Å². The number of rotatable bonds is 8. The van der Waals surface area contributed by atoms with Crippen LogP contribution < -0.4 is 11.1 Å². The summed E-state index contributed by atoms with van der Waals surface area (Å²) in [5.74, 6) is -2.01. The molecule has 3 N–H and O–H groups in total. The van der Waals surface area contributed by atoms with Gasteiger partial charge in [0.2, 0.25) is 11.8 Å². The van der Waals surface area contributed by atoms with E-state index in [1.165, 1.54) is 21.7 Å². The summed E-state index contributed by atoms with van der Waals surface area (Å²) in [5.41, 5.74) is 6.26. The zero-order chi connectivity index (χ0) is 24.6. The fourth-order valence-corrected chi connectivity index (χ4v) is 4.28. The average Bonchev–Trinajstić information content (AvgIpc) is 3.26. The molecule has 1 aliphatic rings. The Morgan fingerprint density at radius 1 is 1.24 bits per heavy atom. The van der Waals surface area contributed by atoms with Crippen molar-refractivity contribution in [2.24, 2.45) is 11.1 Å². The number of hydrogen-bond acceptors (Lipinski definition) is 4. The lowest BCUT2D eigenvalue weighted by atomic mass is 10.1. The topological polar surface area (TPSA) is 110 Å². The number of aromatic nitrogens is 2. The highest BCUT2D eigenvalue weighted by atomic mass is 35.5. The number of amides is 3. The number of nitrogens with zero attached hydrogens (tertiary/aromatic N) is 3. The fraction of sp³-hybridized carbons (Fsp3) is 0.333. The van der Waals surface area contributed by atoms with Crippen LogP contribution in [-0.2, 0) is 22.7 Å². The minimum Gasteiger partial charge on any atom is -0.364 e. The first-order chi connectivity index (χ1) is 16.1. The fourth-order valence-electron chi connectivity index (χ4n) is 4.08. The monoisotopic (exact) mass is 485 g/mol. The summed E-state index contributed by atoms with van der Waals surface area (Å²) in [6.07, 6.45) is 0.751. The Bertz CT molecular complexity index is 1290. The standard InChI is InChI=1S/C24H25ClFN5O3/c1-24(2)10-18(24)30(12-19(32)28-11-14-6-5-8-16(25)21(14)26)20(33)13-31-17-9-4-3-7-15(17)22(29-31)23(27)34/h3-9,18H,10-13H2,1-2H3,(H2,27,34)(H,28,32). The molecule has 1 saturated carbocycles. The molecular weight excluding hydrogens is 461 g/mol. The van der Waals surface area contributed by atoms with Crippen molar-refractivity contribution in [2.75, 3.05) is 6.54 Å². The second-order valence-electron chi connectivity index (χ2n) is 9.11. The molecule has 0 bridgehead atoms. The third-order valence-corrected chi connectivity index (χ3v) is 6.45. The first kappa shape index (κ1) is 23.7. The summed E-state index contributed by atoms with van der Waals surface area (Å²) in [6.45, 7) is 3.65. The zero-order valence-electron chi connectivity index (χ0n) is 18.8. The SMILES string of the molecule is CC1(C)CC1N(CC(=O)NCc1cccc(Cl)c1F)C(=O)Cn1nc(C(N)=O)c2ccccc21. The van der Waals surface area contributed by atoms with Crippen LogP contribution in [0, 0.1) is 11.2 Å². The van der Waals surface area contributed by atoms with Gasteiger partial charge in [0.25, 0.3) is 5.91 Å². The van der Waals surface area contributed by atoms with Crippen molar-refractivity contribution >= 4 is 40.2 Å². The minimum absolute atomic E-state index is 0.0231. The number of primary amides is 1. The van der Waals surface area contributed by atoms with Gasteiger partial charge in [-0.1, -0.05) is 55.8 Å². The maximum Gasteiger partial charge on any atom is 0.269 e. The van der Waals surface area contributed by atoms with Gasteiger partial charge in [-0.15, -0.1) is 0 Å². The molecule has 178 valence electrons. The molecule has 8 nitrogen and oxygen atoms in total. The van der Waals surface area contributed by atoms with Gasteiger partial charge in [-0.05, 0) is 24.0 Å². The van der Waals surface area contributed by atoms with Gasteiger partial charge in [-0.25, -0.2) is 4.39 Å². The van der Waals surface area contributed by atoms with E-state index in [-0.39, 0.29) is 53.3 Å². The van der Waals surface area contributed by atoms with Crippen LogP contribution in [0.4, 0.5) is 4.39 Å². The number of halogens is 2. The van der Waals surface area contributed by atoms with Crippen molar-refractivity contribution < 1.29 is 18.8 Å². The number of nitrogens with two attached hydrogens (primary N) is 1. The summed E-state index contributed by atoms with van der Waals surface area (Å²) >= 11 is 5.80. The molecule has 2 aromatic carbocycles. The Morgan fingerprint density at radius 3 is 2.62 bits per heavy atom. The van der Waals surface area contributed by atoms with E-state index in [9.17, 15) is 18.8 Å². The molecule has 10 heteroatoms. The highest BCUT2D eigenvalue weighted by Gasteiger charge is 2.51. The largest absolute Gasteiger partial charge is 0.364 e. The maximum atomic E-state index is 14.1. The highest BCUT2D eigenvalue weighted by Crippen LogP contribution is 2.48. The van der Waals surface area contributed by atoms with Crippen molar-refractivity contribution in [3.8, 4) is 0 Å². The van der Waals surface area contributed by atoms with E-state index in [0.29, 0.717) is 10.9 Å². The van der Waals surface area contributed by atoms with E-state index in [2.05, 4.69) is 10.4 Å². The van der Waals surface area contributed by atoms with Gasteiger partial charge >= 0.3 is 0 Å². The van der Waals surface area contributed by atoms with Crippen molar-refractivity contribution in [1.29, 1.82) is 0 Å². The molecule has 0 aliphatic heterocycles. The lowest BCUT2D eigenvalue weighted by Crippen LogP contribution is -2.44. The van der Waals surface area contributed by atoms with Crippen LogP contribution in [0.15, 0.2) is 42.5 Å². The Morgan fingerprint density at radius 2 is 1.94 bits per heavy atom. The number of hydrogen-bond donors (Lipinski definition) is 2. The first-order valence-electron chi connectivity index (χ1n) is 10.8. The van der Waals surface area contributed by atoms with Crippen molar-refractivity contribution in [1.82, 2.24) is 20.0 Å². The molecule has 3 amide bonds. The smallest absolute Gasteiger partial charge is 0.269 e. The van der Waals surface area contributed by atoms with Crippen molar-refractivity contribution in [3.05, 3.63) is 64.6 Å². The normalized spacial score (nSPS) is 16.3. The number of nitrogens with one attached hydrogen (secondary N) is 1. The number of para-hydroxylation sites is 1. The second-order valence-corrected chi connectivity index (χ2v) is 9.51. The summed E-state index contributed by atoms with van der Waals surface area (Å²) in [5, 5.41) is 7.43. The molecule has 34 heavy (non-hydrogen) atoms. The van der Waals surface area contributed by atoms with Gasteiger partial charge in [0.15, 0.2) is 5.69 Å². The van der Waals surface area contributed by atoms with E-state index in [1.54, 1.807) is 30.3 Å². The molecule has 0 radical (unpaired) electrons. The summed E-state index contributed by atoms with van der Waals surface area (Å²) in [4.78, 5) is 39.3. The van der Waals surface area contributed by atoms with Gasteiger partial charge in [0.05, 0.1) is 17.1 Å². The Labute approximate surface area is 200 Å². The van der Waals surface area contributed by atoms with E-state index in [0.717, 1.165) is 6.42 Å². The molecule has 3 aromatic rings. The molecule has 1 aliphatic carbocycles. The Hall–Kier alpha value is -3.46. The molecule has 1 fully saturated rings. The van der Waals surface area contributed by atoms with Gasteiger partial charge < -0.3 is 16.0 Å². The Balaban J connectivity index is 1.50.